The van der Waals surface area contributed by atoms with Gasteiger partial charge in [-0.2, -0.15) is 0 Å². The minimum atomic E-state index is -0.415. The number of pyridine rings is 1. The number of hydrogen-bond acceptors (Lipinski definition) is 4. The first-order chi connectivity index (χ1) is 11.2. The minimum Gasteiger partial charge on any atom is -0.494 e. The Morgan fingerprint density at radius 3 is 2.65 bits per heavy atom. The van der Waals surface area contributed by atoms with Crippen LogP contribution < -0.4 is 4.74 Å². The summed E-state index contributed by atoms with van der Waals surface area (Å²) in [4.78, 5) is 14.9. The van der Waals surface area contributed by atoms with Crippen LogP contribution in [-0.4, -0.2) is 20.9 Å². The van der Waals surface area contributed by atoms with Crippen LogP contribution in [0, 0.1) is 10.1 Å². The van der Waals surface area contributed by atoms with Crippen molar-refractivity contribution < 1.29 is 9.66 Å². The summed E-state index contributed by atoms with van der Waals surface area (Å²) in [5, 5.41) is 10.8. The highest BCUT2D eigenvalue weighted by molar-refractivity contribution is 5.63. The topological polar surface area (TPSA) is 69.7 Å². The Bertz CT molecular complexity index is 825. The lowest BCUT2D eigenvalue weighted by Gasteiger charge is -2.05. The fourth-order valence-electron chi connectivity index (χ4n) is 2.28. The van der Waals surface area contributed by atoms with Crippen LogP contribution >= 0.6 is 0 Å². The standard InChI is InChI=1S/C17H17N3O3/c1-2-3-10-23-15-7-4-13(5-8-15)16-12-19-11-14(20(21)22)6-9-17(19)18-16/h4-9,11-12H,2-3,10H2,1H3. The Labute approximate surface area is 133 Å². The predicted molar refractivity (Wildman–Crippen MR) is 87.7 cm³/mol. The zero-order valence-corrected chi connectivity index (χ0v) is 12.8. The highest BCUT2D eigenvalue weighted by atomic mass is 16.6. The Balaban J connectivity index is 1.83. The number of benzene rings is 1. The van der Waals surface area contributed by atoms with Gasteiger partial charge in [-0.05, 0) is 36.8 Å². The van der Waals surface area contributed by atoms with Crippen molar-refractivity contribution in [2.24, 2.45) is 0 Å². The van der Waals surface area contributed by atoms with Crippen LogP contribution in [0.15, 0.2) is 48.8 Å². The summed E-state index contributed by atoms with van der Waals surface area (Å²) >= 11 is 0. The summed E-state index contributed by atoms with van der Waals surface area (Å²) in [5.74, 6) is 0.835. The average molecular weight is 311 g/mol. The summed E-state index contributed by atoms with van der Waals surface area (Å²) in [6.07, 6.45) is 5.39. The molecule has 23 heavy (non-hydrogen) atoms. The average Bonchev–Trinajstić information content (AvgIpc) is 2.98. The van der Waals surface area contributed by atoms with E-state index in [1.807, 2.05) is 24.3 Å². The van der Waals surface area contributed by atoms with Crippen molar-refractivity contribution in [1.82, 2.24) is 9.38 Å². The molecule has 0 unspecified atom stereocenters. The molecule has 0 N–H and O–H groups in total. The van der Waals surface area contributed by atoms with Crippen LogP contribution in [0.3, 0.4) is 0 Å². The van der Waals surface area contributed by atoms with E-state index in [2.05, 4.69) is 11.9 Å². The highest BCUT2D eigenvalue weighted by Gasteiger charge is 2.09. The quantitative estimate of drug-likeness (QED) is 0.390. The summed E-state index contributed by atoms with van der Waals surface area (Å²) in [5.41, 5.74) is 2.43. The molecule has 2 aromatic heterocycles. The maximum Gasteiger partial charge on any atom is 0.286 e. The van der Waals surface area contributed by atoms with Crippen molar-refractivity contribution in [1.29, 1.82) is 0 Å². The smallest absolute Gasteiger partial charge is 0.286 e. The third-order valence-corrected chi connectivity index (χ3v) is 3.56. The van der Waals surface area contributed by atoms with Crippen LogP contribution in [0.4, 0.5) is 5.69 Å². The minimum absolute atomic E-state index is 0.0427. The van der Waals surface area contributed by atoms with E-state index in [0.717, 1.165) is 29.8 Å². The number of ether oxygens (including phenoxy) is 1. The number of hydrogen-bond donors (Lipinski definition) is 0. The zero-order chi connectivity index (χ0) is 16.2. The third-order valence-electron chi connectivity index (χ3n) is 3.56. The number of fused-ring (bicyclic) bond motifs is 1. The van der Waals surface area contributed by atoms with Crippen LogP contribution in [0.5, 0.6) is 5.75 Å². The first-order valence-electron chi connectivity index (χ1n) is 7.54. The van der Waals surface area contributed by atoms with Gasteiger partial charge in [0.2, 0.25) is 0 Å². The highest BCUT2D eigenvalue weighted by Crippen LogP contribution is 2.23. The molecule has 0 spiro atoms. The molecule has 3 rings (SSSR count). The van der Waals surface area contributed by atoms with Gasteiger partial charge in [0.25, 0.3) is 5.69 Å². The summed E-state index contributed by atoms with van der Waals surface area (Å²) in [7, 11) is 0. The van der Waals surface area contributed by atoms with E-state index in [4.69, 9.17) is 4.74 Å². The number of aromatic nitrogens is 2. The van der Waals surface area contributed by atoms with Crippen molar-refractivity contribution in [3.05, 3.63) is 58.9 Å². The Kier molecular flexibility index (Phi) is 4.23. The SMILES string of the molecule is CCCCOc1ccc(-c2cn3cc([N+](=O)[O-])ccc3n2)cc1. The molecule has 0 saturated heterocycles. The molecule has 0 aliphatic carbocycles. The fraction of sp³-hybridized carbons (Fsp3) is 0.235. The van der Waals surface area contributed by atoms with Crippen molar-refractivity contribution in [2.45, 2.75) is 19.8 Å². The number of nitrogens with zero attached hydrogens (tertiary/aromatic N) is 3. The van der Waals surface area contributed by atoms with E-state index in [-0.39, 0.29) is 5.69 Å². The molecule has 0 aliphatic rings. The molecular formula is C17H17N3O3. The molecule has 6 heteroatoms. The van der Waals surface area contributed by atoms with Gasteiger partial charge in [0.15, 0.2) is 0 Å². The van der Waals surface area contributed by atoms with Crippen LogP contribution in [0.25, 0.3) is 16.9 Å². The monoisotopic (exact) mass is 311 g/mol. The molecule has 3 aromatic rings. The number of rotatable bonds is 6. The Morgan fingerprint density at radius 1 is 1.17 bits per heavy atom. The predicted octanol–water partition coefficient (Wildman–Crippen LogP) is 4.09. The molecule has 0 bridgehead atoms. The van der Waals surface area contributed by atoms with Gasteiger partial charge in [-0.25, -0.2) is 4.98 Å². The molecule has 0 fully saturated rings. The fourth-order valence-corrected chi connectivity index (χ4v) is 2.28. The van der Waals surface area contributed by atoms with Crippen LogP contribution in [0.2, 0.25) is 0 Å². The Hall–Kier alpha value is -2.89. The van der Waals surface area contributed by atoms with Gasteiger partial charge in [-0.1, -0.05) is 13.3 Å². The van der Waals surface area contributed by atoms with Gasteiger partial charge in [0.05, 0.1) is 23.4 Å². The van der Waals surface area contributed by atoms with Gasteiger partial charge >= 0.3 is 0 Å². The molecule has 6 nitrogen and oxygen atoms in total. The second-order valence-electron chi connectivity index (χ2n) is 5.26. The molecule has 2 heterocycles. The molecular weight excluding hydrogens is 294 g/mol. The second-order valence-corrected chi connectivity index (χ2v) is 5.26. The number of unbranched alkanes of at least 4 members (excludes halogenated alkanes) is 1. The van der Waals surface area contributed by atoms with Gasteiger partial charge < -0.3 is 4.74 Å². The molecule has 1 aromatic carbocycles. The normalized spacial score (nSPS) is 10.8. The van der Waals surface area contributed by atoms with Crippen molar-refractivity contribution in [3.63, 3.8) is 0 Å². The van der Waals surface area contributed by atoms with Crippen LogP contribution in [-0.2, 0) is 0 Å². The van der Waals surface area contributed by atoms with E-state index in [9.17, 15) is 10.1 Å². The van der Waals surface area contributed by atoms with E-state index in [0.29, 0.717) is 12.3 Å². The second kappa shape index (κ2) is 6.48. The maximum atomic E-state index is 10.8. The van der Waals surface area contributed by atoms with Gasteiger partial charge in [0, 0.05) is 17.8 Å². The number of imidazole rings is 1. The van der Waals surface area contributed by atoms with Gasteiger partial charge in [-0.3, -0.25) is 14.5 Å². The molecule has 0 radical (unpaired) electrons. The molecule has 118 valence electrons. The Morgan fingerprint density at radius 2 is 1.96 bits per heavy atom. The van der Waals surface area contributed by atoms with Crippen molar-refractivity contribution in [3.8, 4) is 17.0 Å². The lowest BCUT2D eigenvalue weighted by Crippen LogP contribution is -1.95. The third kappa shape index (κ3) is 3.31. The van der Waals surface area contributed by atoms with Gasteiger partial charge in [0.1, 0.15) is 11.4 Å². The van der Waals surface area contributed by atoms with E-state index < -0.39 is 4.92 Å². The first kappa shape index (κ1) is 15.0. The lowest BCUT2D eigenvalue weighted by atomic mass is 10.2. The molecule has 0 amide bonds. The van der Waals surface area contributed by atoms with Crippen molar-refractivity contribution in [2.75, 3.05) is 6.61 Å². The summed E-state index contributed by atoms with van der Waals surface area (Å²) in [6, 6.07) is 10.8. The lowest BCUT2D eigenvalue weighted by molar-refractivity contribution is -0.385. The molecule has 0 atom stereocenters. The summed E-state index contributed by atoms with van der Waals surface area (Å²) < 4.78 is 7.30. The number of nitro groups is 1. The van der Waals surface area contributed by atoms with Crippen molar-refractivity contribution >= 4 is 11.3 Å². The van der Waals surface area contributed by atoms with E-state index in [1.165, 1.54) is 12.3 Å². The largest absolute Gasteiger partial charge is 0.494 e. The van der Waals surface area contributed by atoms with Crippen LogP contribution in [0.1, 0.15) is 19.8 Å². The summed E-state index contributed by atoms with van der Waals surface area (Å²) in [6.45, 7) is 2.84. The van der Waals surface area contributed by atoms with E-state index in [1.54, 1.807) is 16.7 Å². The maximum absolute atomic E-state index is 10.8. The van der Waals surface area contributed by atoms with Gasteiger partial charge in [-0.15, -0.1) is 0 Å². The molecule has 0 saturated carbocycles. The molecule has 0 aliphatic heterocycles. The first-order valence-corrected chi connectivity index (χ1v) is 7.54. The zero-order valence-electron chi connectivity index (χ0n) is 12.8. The van der Waals surface area contributed by atoms with E-state index >= 15 is 0 Å².